The molecule has 1 heterocycles. The quantitative estimate of drug-likeness (QED) is 0.469. The third kappa shape index (κ3) is 3.80. The van der Waals surface area contributed by atoms with Crippen LogP contribution in [0, 0.1) is 20.8 Å². The molecule has 8 heteroatoms. The lowest BCUT2D eigenvalue weighted by Gasteiger charge is -2.08. The van der Waals surface area contributed by atoms with Gasteiger partial charge in [0.05, 0.1) is 16.9 Å². The van der Waals surface area contributed by atoms with Gasteiger partial charge in [-0.15, -0.1) is 0 Å². The summed E-state index contributed by atoms with van der Waals surface area (Å²) in [6.07, 6.45) is 1.55. The summed E-state index contributed by atoms with van der Waals surface area (Å²) < 4.78 is 0. The van der Waals surface area contributed by atoms with Crippen LogP contribution in [0.25, 0.3) is 0 Å². The van der Waals surface area contributed by atoms with E-state index >= 15 is 0 Å². The number of amides is 1. The molecule has 0 saturated carbocycles. The predicted octanol–water partition coefficient (Wildman–Crippen LogP) is 4.31. The van der Waals surface area contributed by atoms with Gasteiger partial charge in [0.2, 0.25) is 0 Å². The maximum atomic E-state index is 12.1. The van der Waals surface area contributed by atoms with Gasteiger partial charge in [-0.3, -0.25) is 4.79 Å². The molecular formula is C16H15Cl3N4O. The van der Waals surface area contributed by atoms with Crippen molar-refractivity contribution in [2.24, 2.45) is 5.10 Å². The number of pyridine rings is 1. The van der Waals surface area contributed by atoms with Gasteiger partial charge in [0, 0.05) is 0 Å². The highest BCUT2D eigenvalue weighted by Gasteiger charge is 2.19. The van der Waals surface area contributed by atoms with Crippen LogP contribution in [0.4, 0.5) is 5.69 Å². The Morgan fingerprint density at radius 3 is 2.42 bits per heavy atom. The van der Waals surface area contributed by atoms with Gasteiger partial charge in [-0.1, -0.05) is 40.9 Å². The standard InChI is InChI=1S/C16H15Cl3N4O/c1-7-4-9(3)10(5-8(7)2)6-21-23-16(24)14-11(17)13(20)12(18)15(19)22-14/h4-6H,1-3H3,(H2,20,22)(H,23,24)/b21-6+. The molecule has 0 atom stereocenters. The third-order valence-corrected chi connectivity index (χ3v) is 4.67. The lowest BCUT2D eigenvalue weighted by Crippen LogP contribution is -2.20. The molecular weight excluding hydrogens is 371 g/mol. The summed E-state index contributed by atoms with van der Waals surface area (Å²) in [7, 11) is 0. The second kappa shape index (κ2) is 7.38. The van der Waals surface area contributed by atoms with Crippen LogP contribution in [0.1, 0.15) is 32.7 Å². The van der Waals surface area contributed by atoms with Crippen LogP contribution < -0.4 is 11.2 Å². The van der Waals surface area contributed by atoms with Gasteiger partial charge in [-0.2, -0.15) is 5.10 Å². The molecule has 0 aliphatic rings. The van der Waals surface area contributed by atoms with E-state index in [9.17, 15) is 4.79 Å². The molecule has 3 N–H and O–H groups in total. The summed E-state index contributed by atoms with van der Waals surface area (Å²) in [5, 5.41) is 3.77. The molecule has 0 aliphatic heterocycles. The number of nitrogens with one attached hydrogen (secondary N) is 1. The number of aromatic nitrogens is 1. The van der Waals surface area contributed by atoms with Gasteiger partial charge >= 0.3 is 0 Å². The van der Waals surface area contributed by atoms with Crippen LogP contribution in [-0.2, 0) is 0 Å². The van der Waals surface area contributed by atoms with E-state index in [1.165, 1.54) is 5.56 Å². The number of halogens is 3. The zero-order valence-electron chi connectivity index (χ0n) is 13.2. The van der Waals surface area contributed by atoms with Crippen molar-refractivity contribution in [3.63, 3.8) is 0 Å². The number of nitrogens with zero attached hydrogens (tertiary/aromatic N) is 2. The highest BCUT2D eigenvalue weighted by molar-refractivity contribution is 6.46. The summed E-state index contributed by atoms with van der Waals surface area (Å²) >= 11 is 17.6. The average Bonchev–Trinajstić information content (AvgIpc) is 2.53. The van der Waals surface area contributed by atoms with Crippen molar-refractivity contribution in [2.75, 3.05) is 5.73 Å². The van der Waals surface area contributed by atoms with E-state index in [1.807, 2.05) is 26.8 Å². The maximum absolute atomic E-state index is 12.1. The maximum Gasteiger partial charge on any atom is 0.291 e. The Morgan fingerprint density at radius 2 is 1.75 bits per heavy atom. The first-order valence-electron chi connectivity index (χ1n) is 6.93. The molecule has 0 unspecified atom stereocenters. The number of nitrogen functional groups attached to an aromatic ring is 1. The molecule has 2 aromatic rings. The van der Waals surface area contributed by atoms with Crippen molar-refractivity contribution >= 4 is 52.6 Å². The molecule has 1 aromatic carbocycles. The van der Waals surface area contributed by atoms with E-state index in [2.05, 4.69) is 21.6 Å². The van der Waals surface area contributed by atoms with Crippen LogP contribution >= 0.6 is 34.8 Å². The number of rotatable bonds is 3. The minimum Gasteiger partial charge on any atom is -0.396 e. The fraction of sp³-hybridized carbons (Fsp3) is 0.188. The van der Waals surface area contributed by atoms with Crippen LogP contribution in [0.15, 0.2) is 17.2 Å². The van der Waals surface area contributed by atoms with E-state index in [1.54, 1.807) is 6.21 Å². The number of carbonyl (C=O) groups is 1. The van der Waals surface area contributed by atoms with Crippen LogP contribution in [-0.4, -0.2) is 17.1 Å². The van der Waals surface area contributed by atoms with Crippen LogP contribution in [0.3, 0.4) is 0 Å². The Morgan fingerprint density at radius 1 is 1.12 bits per heavy atom. The van der Waals surface area contributed by atoms with Crippen molar-refractivity contribution in [2.45, 2.75) is 20.8 Å². The number of benzene rings is 1. The van der Waals surface area contributed by atoms with Gasteiger partial charge < -0.3 is 5.73 Å². The Labute approximate surface area is 154 Å². The largest absolute Gasteiger partial charge is 0.396 e. The Balaban J connectivity index is 2.21. The van der Waals surface area contributed by atoms with E-state index in [-0.39, 0.29) is 26.6 Å². The Bertz CT molecular complexity index is 850. The molecule has 0 bridgehead atoms. The second-order valence-corrected chi connectivity index (χ2v) is 6.40. The SMILES string of the molecule is Cc1cc(C)c(/C=N/NC(=O)c2nc(Cl)c(Cl)c(N)c2Cl)cc1C. The van der Waals surface area contributed by atoms with Crippen molar-refractivity contribution in [1.29, 1.82) is 0 Å². The summed E-state index contributed by atoms with van der Waals surface area (Å²) in [6.45, 7) is 6.01. The van der Waals surface area contributed by atoms with Gasteiger partial charge in [0.15, 0.2) is 10.8 Å². The Hall–Kier alpha value is -1.82. The van der Waals surface area contributed by atoms with Crippen molar-refractivity contribution in [1.82, 2.24) is 10.4 Å². The normalized spacial score (nSPS) is 11.1. The average molecular weight is 386 g/mol. The first-order chi connectivity index (χ1) is 11.2. The molecule has 0 spiro atoms. The topological polar surface area (TPSA) is 80.4 Å². The first-order valence-corrected chi connectivity index (χ1v) is 8.07. The summed E-state index contributed by atoms with van der Waals surface area (Å²) in [5.41, 5.74) is 12.2. The molecule has 5 nitrogen and oxygen atoms in total. The van der Waals surface area contributed by atoms with Gasteiger partial charge in [-0.05, 0) is 49.1 Å². The van der Waals surface area contributed by atoms with Gasteiger partial charge in [0.1, 0.15) is 5.02 Å². The Kier molecular flexibility index (Phi) is 5.70. The first kappa shape index (κ1) is 18.5. The third-order valence-electron chi connectivity index (χ3n) is 3.54. The fourth-order valence-corrected chi connectivity index (χ4v) is 2.61. The molecule has 1 aromatic heterocycles. The number of hydrogen-bond acceptors (Lipinski definition) is 4. The predicted molar refractivity (Wildman–Crippen MR) is 99.4 cm³/mol. The number of hydrazone groups is 1. The molecule has 126 valence electrons. The number of aryl methyl sites for hydroxylation is 3. The zero-order valence-corrected chi connectivity index (χ0v) is 15.5. The monoisotopic (exact) mass is 384 g/mol. The minimum atomic E-state index is -0.636. The van der Waals surface area contributed by atoms with E-state index in [0.717, 1.165) is 16.7 Å². The van der Waals surface area contributed by atoms with E-state index in [4.69, 9.17) is 40.5 Å². The van der Waals surface area contributed by atoms with Crippen molar-refractivity contribution in [3.8, 4) is 0 Å². The number of hydrogen-bond donors (Lipinski definition) is 2. The summed E-state index contributed by atoms with van der Waals surface area (Å²) in [6, 6.07) is 4.04. The molecule has 0 fully saturated rings. The lowest BCUT2D eigenvalue weighted by atomic mass is 10.0. The van der Waals surface area contributed by atoms with E-state index in [0.29, 0.717) is 0 Å². The second-order valence-electron chi connectivity index (χ2n) is 5.29. The number of anilines is 1. The van der Waals surface area contributed by atoms with Crippen LogP contribution in [0.2, 0.25) is 15.2 Å². The summed E-state index contributed by atoms with van der Waals surface area (Å²) in [4.78, 5) is 16.0. The molecule has 0 saturated heterocycles. The van der Waals surface area contributed by atoms with Crippen molar-refractivity contribution < 1.29 is 4.79 Å². The smallest absolute Gasteiger partial charge is 0.291 e. The highest BCUT2D eigenvalue weighted by Crippen LogP contribution is 2.34. The lowest BCUT2D eigenvalue weighted by molar-refractivity contribution is 0.0950. The van der Waals surface area contributed by atoms with Gasteiger partial charge in [0.25, 0.3) is 5.91 Å². The number of nitrogens with two attached hydrogens (primary N) is 1. The van der Waals surface area contributed by atoms with Crippen molar-refractivity contribution in [3.05, 3.63) is 55.3 Å². The molecule has 1 amide bonds. The zero-order chi connectivity index (χ0) is 18.0. The highest BCUT2D eigenvalue weighted by atomic mass is 35.5. The minimum absolute atomic E-state index is 0.00235. The summed E-state index contributed by atoms with van der Waals surface area (Å²) in [5.74, 6) is -0.636. The molecule has 2 rings (SSSR count). The molecule has 0 aliphatic carbocycles. The van der Waals surface area contributed by atoms with Gasteiger partial charge in [-0.25, -0.2) is 10.4 Å². The fourth-order valence-electron chi connectivity index (χ4n) is 2.02. The van der Waals surface area contributed by atoms with E-state index < -0.39 is 5.91 Å². The molecule has 0 radical (unpaired) electrons. The van der Waals surface area contributed by atoms with Crippen LogP contribution in [0.5, 0.6) is 0 Å². The molecule has 24 heavy (non-hydrogen) atoms. The number of carbonyl (C=O) groups excluding carboxylic acids is 1.